The van der Waals surface area contributed by atoms with E-state index in [9.17, 15) is 0 Å². The lowest BCUT2D eigenvalue weighted by molar-refractivity contribution is 0.111. The fourth-order valence-electron chi connectivity index (χ4n) is 1.78. The van der Waals surface area contributed by atoms with Crippen LogP contribution in [-0.2, 0) is 11.3 Å². The number of halogens is 1. The zero-order valence-corrected chi connectivity index (χ0v) is 12.2. The summed E-state index contributed by atoms with van der Waals surface area (Å²) < 4.78 is 7.44. The fraction of sp³-hybridized carbons (Fsp3) is 0.500. The van der Waals surface area contributed by atoms with E-state index >= 15 is 0 Å². The average molecular weight is 282 g/mol. The number of fused-ring (bicyclic) bond motifs is 1. The number of rotatable bonds is 7. The Labute approximate surface area is 118 Å². The Kier molecular flexibility index (Phi) is 5.19. The van der Waals surface area contributed by atoms with Crippen LogP contribution in [-0.4, -0.2) is 29.1 Å². The molecule has 0 aliphatic carbocycles. The molecular weight excluding hydrogens is 262 g/mol. The Hall–Kier alpha value is -1.10. The number of imidazole rings is 1. The van der Waals surface area contributed by atoms with E-state index in [1.54, 1.807) is 0 Å². The highest BCUT2D eigenvalue weighted by atomic mass is 35.5. The van der Waals surface area contributed by atoms with Crippen molar-refractivity contribution in [3.63, 3.8) is 0 Å². The summed E-state index contributed by atoms with van der Waals surface area (Å²) in [4.78, 5) is 4.50. The molecule has 104 valence electrons. The summed E-state index contributed by atoms with van der Waals surface area (Å²) in [5, 5.41) is 4.03. The molecule has 0 saturated heterocycles. The summed E-state index contributed by atoms with van der Waals surface area (Å²) in [7, 11) is 0. The summed E-state index contributed by atoms with van der Waals surface area (Å²) in [6.45, 7) is 7.42. The quantitative estimate of drug-likeness (QED) is 0.793. The highest BCUT2D eigenvalue weighted by molar-refractivity contribution is 6.30. The molecule has 19 heavy (non-hydrogen) atoms. The van der Waals surface area contributed by atoms with Crippen LogP contribution in [0.5, 0.6) is 0 Å². The molecule has 0 amide bonds. The van der Waals surface area contributed by atoms with Crippen molar-refractivity contribution in [3.8, 4) is 0 Å². The largest absolute Gasteiger partial charge is 0.380 e. The SMILES string of the molecule is CC(C)COCCNCc1cn2cc(Cl)ccc2n1. The van der Waals surface area contributed by atoms with E-state index in [4.69, 9.17) is 16.3 Å². The molecule has 1 N–H and O–H groups in total. The second-order valence-corrected chi connectivity index (χ2v) is 5.43. The third-order valence-electron chi connectivity index (χ3n) is 2.65. The molecule has 2 rings (SSSR count). The van der Waals surface area contributed by atoms with Crippen LogP contribution < -0.4 is 5.32 Å². The Morgan fingerprint density at radius 3 is 3.00 bits per heavy atom. The van der Waals surface area contributed by atoms with E-state index in [-0.39, 0.29) is 0 Å². The van der Waals surface area contributed by atoms with Crippen molar-refractivity contribution in [2.45, 2.75) is 20.4 Å². The molecule has 0 aliphatic heterocycles. The molecule has 2 aromatic heterocycles. The third kappa shape index (κ3) is 4.49. The van der Waals surface area contributed by atoms with Gasteiger partial charge in [0.2, 0.25) is 0 Å². The first-order chi connectivity index (χ1) is 9.15. The minimum Gasteiger partial charge on any atom is -0.380 e. The maximum Gasteiger partial charge on any atom is 0.137 e. The van der Waals surface area contributed by atoms with Crippen LogP contribution in [0.3, 0.4) is 0 Å². The number of nitrogens with zero attached hydrogens (tertiary/aromatic N) is 2. The van der Waals surface area contributed by atoms with Crippen LogP contribution in [0.25, 0.3) is 5.65 Å². The highest BCUT2D eigenvalue weighted by Gasteiger charge is 2.01. The minimum absolute atomic E-state index is 0.586. The normalized spacial score (nSPS) is 11.6. The number of nitrogens with one attached hydrogen (secondary N) is 1. The first-order valence-electron chi connectivity index (χ1n) is 6.57. The van der Waals surface area contributed by atoms with E-state index < -0.39 is 0 Å². The smallest absolute Gasteiger partial charge is 0.137 e. The van der Waals surface area contributed by atoms with Gasteiger partial charge in [-0.2, -0.15) is 0 Å². The summed E-state index contributed by atoms with van der Waals surface area (Å²) in [5.41, 5.74) is 1.92. The Bertz CT molecular complexity index is 524. The van der Waals surface area contributed by atoms with Gasteiger partial charge >= 0.3 is 0 Å². The van der Waals surface area contributed by atoms with Gasteiger partial charge < -0.3 is 14.5 Å². The van der Waals surface area contributed by atoms with Gasteiger partial charge in [0.25, 0.3) is 0 Å². The van der Waals surface area contributed by atoms with E-state index in [1.807, 2.05) is 28.9 Å². The van der Waals surface area contributed by atoms with E-state index in [0.717, 1.165) is 37.6 Å². The Balaban J connectivity index is 1.75. The molecule has 0 atom stereocenters. The van der Waals surface area contributed by atoms with Gasteiger partial charge in [-0.1, -0.05) is 25.4 Å². The molecule has 0 radical (unpaired) electrons. The number of hydrogen-bond donors (Lipinski definition) is 1. The van der Waals surface area contributed by atoms with Crippen LogP contribution >= 0.6 is 11.6 Å². The number of hydrogen-bond acceptors (Lipinski definition) is 3. The van der Waals surface area contributed by atoms with Gasteiger partial charge in [0, 0.05) is 32.1 Å². The van der Waals surface area contributed by atoms with Gasteiger partial charge in [-0.3, -0.25) is 0 Å². The maximum absolute atomic E-state index is 5.93. The van der Waals surface area contributed by atoms with Crippen molar-refractivity contribution in [1.82, 2.24) is 14.7 Å². The Morgan fingerprint density at radius 2 is 2.21 bits per heavy atom. The molecule has 0 aromatic carbocycles. The molecule has 4 nitrogen and oxygen atoms in total. The van der Waals surface area contributed by atoms with Crippen molar-refractivity contribution in [1.29, 1.82) is 0 Å². The van der Waals surface area contributed by atoms with E-state index in [0.29, 0.717) is 10.9 Å². The number of aromatic nitrogens is 2. The standard InChI is InChI=1S/C14H20ClN3O/c1-11(2)10-19-6-5-16-7-13-9-18-8-12(15)3-4-14(18)17-13/h3-4,8-9,11,16H,5-7,10H2,1-2H3. The van der Waals surface area contributed by atoms with Crippen LogP contribution in [0, 0.1) is 5.92 Å². The van der Waals surface area contributed by atoms with Gasteiger partial charge in [0.15, 0.2) is 0 Å². The van der Waals surface area contributed by atoms with Crippen LogP contribution in [0.15, 0.2) is 24.5 Å². The molecule has 0 aliphatic rings. The zero-order valence-electron chi connectivity index (χ0n) is 11.4. The summed E-state index contributed by atoms with van der Waals surface area (Å²) >= 11 is 5.93. The van der Waals surface area contributed by atoms with Crippen molar-refractivity contribution in [2.75, 3.05) is 19.8 Å². The van der Waals surface area contributed by atoms with Crippen molar-refractivity contribution < 1.29 is 4.74 Å². The molecule has 0 unspecified atom stereocenters. The maximum atomic E-state index is 5.93. The summed E-state index contributed by atoms with van der Waals surface area (Å²) in [6, 6.07) is 3.76. The van der Waals surface area contributed by atoms with E-state index in [1.165, 1.54) is 0 Å². The van der Waals surface area contributed by atoms with Crippen molar-refractivity contribution in [2.24, 2.45) is 5.92 Å². The minimum atomic E-state index is 0.586. The second kappa shape index (κ2) is 6.89. The molecule has 0 bridgehead atoms. The lowest BCUT2D eigenvalue weighted by Crippen LogP contribution is -2.20. The van der Waals surface area contributed by atoms with Crippen LogP contribution in [0.2, 0.25) is 5.02 Å². The average Bonchev–Trinajstić information content (AvgIpc) is 2.75. The molecule has 2 aromatic rings. The lowest BCUT2D eigenvalue weighted by Gasteiger charge is -2.06. The van der Waals surface area contributed by atoms with Gasteiger partial charge in [-0.15, -0.1) is 0 Å². The van der Waals surface area contributed by atoms with Crippen molar-refractivity contribution in [3.05, 3.63) is 35.2 Å². The van der Waals surface area contributed by atoms with Gasteiger partial charge in [0.1, 0.15) is 5.65 Å². The summed E-state index contributed by atoms with van der Waals surface area (Å²) in [6.07, 6.45) is 3.85. The lowest BCUT2D eigenvalue weighted by atomic mass is 10.2. The van der Waals surface area contributed by atoms with Crippen LogP contribution in [0.1, 0.15) is 19.5 Å². The third-order valence-corrected chi connectivity index (χ3v) is 2.87. The van der Waals surface area contributed by atoms with Gasteiger partial charge in [0.05, 0.1) is 17.3 Å². The molecule has 0 spiro atoms. The topological polar surface area (TPSA) is 38.6 Å². The van der Waals surface area contributed by atoms with E-state index in [2.05, 4.69) is 24.1 Å². The fourth-order valence-corrected chi connectivity index (χ4v) is 1.95. The number of pyridine rings is 1. The summed E-state index contributed by atoms with van der Waals surface area (Å²) in [5.74, 6) is 0.586. The molecule has 0 fully saturated rings. The zero-order chi connectivity index (χ0) is 13.7. The van der Waals surface area contributed by atoms with Crippen molar-refractivity contribution >= 4 is 17.2 Å². The highest BCUT2D eigenvalue weighted by Crippen LogP contribution is 2.11. The second-order valence-electron chi connectivity index (χ2n) is 4.99. The van der Waals surface area contributed by atoms with Gasteiger partial charge in [-0.05, 0) is 18.1 Å². The van der Waals surface area contributed by atoms with Gasteiger partial charge in [-0.25, -0.2) is 4.98 Å². The molecule has 5 heteroatoms. The Morgan fingerprint density at radius 1 is 1.37 bits per heavy atom. The predicted molar refractivity (Wildman–Crippen MR) is 77.6 cm³/mol. The first kappa shape index (κ1) is 14.3. The predicted octanol–water partition coefficient (Wildman–Crippen LogP) is 2.75. The van der Waals surface area contributed by atoms with Crippen LogP contribution in [0.4, 0.5) is 0 Å². The monoisotopic (exact) mass is 281 g/mol. The first-order valence-corrected chi connectivity index (χ1v) is 6.94. The molecule has 0 saturated carbocycles. The number of ether oxygens (including phenoxy) is 1. The molecular formula is C14H20ClN3O. The molecule has 2 heterocycles.